The van der Waals surface area contributed by atoms with Gasteiger partial charge in [-0.3, -0.25) is 19.6 Å². The maximum Gasteiger partial charge on any atom is 0.326 e. The van der Waals surface area contributed by atoms with E-state index in [1.54, 1.807) is 0 Å². The fourth-order valence-electron chi connectivity index (χ4n) is 3.42. The molecule has 4 N–H and O–H groups in total. The summed E-state index contributed by atoms with van der Waals surface area (Å²) in [5.74, 6) is -3.02. The molecule has 0 fully saturated rings. The lowest BCUT2D eigenvalue weighted by molar-refractivity contribution is -0.147. The minimum Gasteiger partial charge on any atom is -0.480 e. The Morgan fingerprint density at radius 3 is 2.16 bits per heavy atom. The summed E-state index contributed by atoms with van der Waals surface area (Å²) in [5, 5.41) is 20.9. The number of hydrogen-bond acceptors (Lipinski definition) is 5. The zero-order chi connectivity index (χ0) is 24.3. The van der Waals surface area contributed by atoms with Crippen molar-refractivity contribution in [1.29, 1.82) is 0 Å². The third-order valence-electron chi connectivity index (χ3n) is 5.32. The number of hydrogen-bond donors (Lipinski definition) is 4. The van der Waals surface area contributed by atoms with Gasteiger partial charge in [-0.2, -0.15) is 0 Å². The summed E-state index contributed by atoms with van der Waals surface area (Å²) in [5.41, 5.74) is 2.29. The van der Waals surface area contributed by atoms with Gasteiger partial charge in [0.25, 0.3) is 0 Å². The van der Waals surface area contributed by atoms with Crippen LogP contribution in [0.5, 0.6) is 0 Å². The minimum absolute atomic E-state index is 0.0532. The Labute approximate surface area is 189 Å². The predicted molar refractivity (Wildman–Crippen MR) is 118 cm³/mol. The summed E-state index contributed by atoms with van der Waals surface area (Å²) in [6.07, 6.45) is 0.404. The van der Waals surface area contributed by atoms with Gasteiger partial charge in [0.05, 0.1) is 0 Å². The van der Waals surface area contributed by atoms with Crippen molar-refractivity contribution in [2.45, 2.75) is 72.0 Å². The number of amides is 3. The van der Waals surface area contributed by atoms with Gasteiger partial charge in [0.2, 0.25) is 17.7 Å². The van der Waals surface area contributed by atoms with Gasteiger partial charge in [0, 0.05) is 19.4 Å². The average Bonchev–Trinajstić information content (AvgIpc) is 2.76. The molecular formula is C23H35N3O6. The normalized spacial score (nSPS) is 13.7. The molecule has 1 rings (SSSR count). The SMILES string of the molecule is CCC(C)[C@@H](C(=O)N[C@@H](CC(C)C)C(=O)O)N(Cc1ccccc1)C(=O)CCC(=O)NO. The van der Waals surface area contributed by atoms with Crippen LogP contribution in [0.3, 0.4) is 0 Å². The number of nitrogens with one attached hydrogen (secondary N) is 2. The van der Waals surface area contributed by atoms with E-state index in [9.17, 15) is 24.3 Å². The first-order valence-corrected chi connectivity index (χ1v) is 10.9. The second-order valence-corrected chi connectivity index (χ2v) is 8.40. The summed E-state index contributed by atoms with van der Waals surface area (Å²) in [6.45, 7) is 7.58. The summed E-state index contributed by atoms with van der Waals surface area (Å²) in [6, 6.07) is 7.14. The highest BCUT2D eigenvalue weighted by molar-refractivity contribution is 5.91. The molecule has 32 heavy (non-hydrogen) atoms. The Morgan fingerprint density at radius 2 is 1.66 bits per heavy atom. The van der Waals surface area contributed by atoms with Crippen LogP contribution >= 0.6 is 0 Å². The quantitative estimate of drug-likeness (QED) is 0.270. The van der Waals surface area contributed by atoms with E-state index in [-0.39, 0.29) is 37.6 Å². The molecule has 9 heteroatoms. The number of hydroxylamine groups is 1. The van der Waals surface area contributed by atoms with Gasteiger partial charge in [-0.25, -0.2) is 10.3 Å². The predicted octanol–water partition coefficient (Wildman–Crippen LogP) is 2.33. The van der Waals surface area contributed by atoms with Gasteiger partial charge in [0.15, 0.2) is 0 Å². The van der Waals surface area contributed by atoms with Crippen molar-refractivity contribution >= 4 is 23.7 Å². The third kappa shape index (κ3) is 8.66. The number of rotatable bonds is 13. The third-order valence-corrected chi connectivity index (χ3v) is 5.32. The van der Waals surface area contributed by atoms with E-state index < -0.39 is 35.8 Å². The van der Waals surface area contributed by atoms with Gasteiger partial charge in [-0.05, 0) is 23.8 Å². The molecule has 1 aromatic carbocycles. The van der Waals surface area contributed by atoms with Crippen molar-refractivity contribution in [3.63, 3.8) is 0 Å². The molecular weight excluding hydrogens is 414 g/mol. The first kappa shape index (κ1) is 27.1. The number of nitrogens with zero attached hydrogens (tertiary/aromatic N) is 1. The summed E-state index contributed by atoms with van der Waals surface area (Å²) < 4.78 is 0. The van der Waals surface area contributed by atoms with Crippen LogP contribution in [0.1, 0.15) is 58.9 Å². The minimum atomic E-state index is -1.13. The van der Waals surface area contributed by atoms with Crippen molar-refractivity contribution in [2.24, 2.45) is 11.8 Å². The fourth-order valence-corrected chi connectivity index (χ4v) is 3.42. The Bertz CT molecular complexity index is 768. The molecule has 1 unspecified atom stereocenters. The highest BCUT2D eigenvalue weighted by Crippen LogP contribution is 2.21. The van der Waals surface area contributed by atoms with E-state index in [2.05, 4.69) is 5.32 Å². The van der Waals surface area contributed by atoms with Gasteiger partial charge < -0.3 is 15.3 Å². The number of aliphatic carboxylic acids is 1. The molecule has 9 nitrogen and oxygen atoms in total. The molecule has 0 aliphatic heterocycles. The van der Waals surface area contributed by atoms with Crippen LogP contribution in [0, 0.1) is 11.8 Å². The molecule has 0 heterocycles. The fraction of sp³-hybridized carbons (Fsp3) is 0.565. The van der Waals surface area contributed by atoms with Crippen molar-refractivity contribution in [3.05, 3.63) is 35.9 Å². The summed E-state index contributed by atoms with van der Waals surface area (Å²) in [4.78, 5) is 50.9. The topological polar surface area (TPSA) is 136 Å². The molecule has 0 aliphatic rings. The maximum absolute atomic E-state index is 13.3. The maximum atomic E-state index is 13.3. The molecule has 3 amide bonds. The number of benzene rings is 1. The van der Waals surface area contributed by atoms with E-state index in [0.717, 1.165) is 5.56 Å². The molecule has 0 aromatic heterocycles. The zero-order valence-corrected chi connectivity index (χ0v) is 19.2. The molecule has 0 bridgehead atoms. The van der Waals surface area contributed by atoms with Crippen molar-refractivity contribution in [2.75, 3.05) is 0 Å². The molecule has 1 aromatic rings. The van der Waals surface area contributed by atoms with Crippen LogP contribution in [0.2, 0.25) is 0 Å². The van der Waals surface area contributed by atoms with Gasteiger partial charge in [-0.1, -0.05) is 64.4 Å². The molecule has 0 spiro atoms. The van der Waals surface area contributed by atoms with Crippen molar-refractivity contribution in [1.82, 2.24) is 15.7 Å². The Kier molecular flexibility index (Phi) is 11.4. The lowest BCUT2D eigenvalue weighted by atomic mass is 9.94. The molecule has 178 valence electrons. The second-order valence-electron chi connectivity index (χ2n) is 8.40. The second kappa shape index (κ2) is 13.5. The van der Waals surface area contributed by atoms with Crippen LogP contribution in [0.25, 0.3) is 0 Å². The van der Waals surface area contributed by atoms with Gasteiger partial charge in [0.1, 0.15) is 12.1 Å². The van der Waals surface area contributed by atoms with Crippen molar-refractivity contribution < 1.29 is 29.5 Å². The Balaban J connectivity index is 3.25. The van der Waals surface area contributed by atoms with E-state index >= 15 is 0 Å². The van der Waals surface area contributed by atoms with Crippen LogP contribution in [-0.2, 0) is 25.7 Å². The number of carboxylic acids is 1. The van der Waals surface area contributed by atoms with E-state index in [0.29, 0.717) is 6.42 Å². The first-order valence-electron chi connectivity index (χ1n) is 10.9. The Hall–Kier alpha value is -2.94. The molecule has 3 atom stereocenters. The smallest absolute Gasteiger partial charge is 0.326 e. The van der Waals surface area contributed by atoms with Gasteiger partial charge >= 0.3 is 5.97 Å². The Morgan fingerprint density at radius 1 is 1.03 bits per heavy atom. The molecule has 0 aliphatic carbocycles. The van der Waals surface area contributed by atoms with Gasteiger partial charge in [-0.15, -0.1) is 0 Å². The highest BCUT2D eigenvalue weighted by Gasteiger charge is 2.35. The zero-order valence-electron chi connectivity index (χ0n) is 19.2. The standard InChI is InChI=1S/C23H35N3O6/c1-5-16(4)21(22(29)24-18(23(30)31)13-15(2)3)26(14-17-9-7-6-8-10-17)20(28)12-11-19(27)25-32/h6-10,15-16,18,21,32H,5,11-14H2,1-4H3,(H,24,29)(H,25,27)(H,30,31)/t16?,18-,21-/m0/s1. The van der Waals surface area contributed by atoms with E-state index in [1.807, 2.05) is 58.0 Å². The monoisotopic (exact) mass is 449 g/mol. The van der Waals surface area contributed by atoms with Crippen LogP contribution in [0.15, 0.2) is 30.3 Å². The largest absolute Gasteiger partial charge is 0.480 e. The van der Waals surface area contributed by atoms with Crippen LogP contribution in [0.4, 0.5) is 0 Å². The van der Waals surface area contributed by atoms with Crippen LogP contribution in [-0.4, -0.2) is 51.0 Å². The lowest BCUT2D eigenvalue weighted by Gasteiger charge is -2.35. The number of carbonyl (C=O) groups excluding carboxylic acids is 3. The van der Waals surface area contributed by atoms with Crippen LogP contribution < -0.4 is 10.8 Å². The van der Waals surface area contributed by atoms with E-state index in [4.69, 9.17) is 5.21 Å². The molecule has 0 saturated carbocycles. The average molecular weight is 450 g/mol. The summed E-state index contributed by atoms with van der Waals surface area (Å²) >= 11 is 0. The summed E-state index contributed by atoms with van der Waals surface area (Å²) in [7, 11) is 0. The van der Waals surface area contributed by atoms with E-state index in [1.165, 1.54) is 10.4 Å². The lowest BCUT2D eigenvalue weighted by Crippen LogP contribution is -2.55. The first-order chi connectivity index (χ1) is 15.1. The molecule has 0 saturated heterocycles. The number of carbonyl (C=O) groups is 4. The number of carboxylic acid groups (broad SMARTS) is 1. The van der Waals surface area contributed by atoms with Crippen molar-refractivity contribution in [3.8, 4) is 0 Å². The highest BCUT2D eigenvalue weighted by atomic mass is 16.5. The molecule has 0 radical (unpaired) electrons.